The number of likely N-dealkylation sites (N-methyl/N-ethyl adjacent to an activating group) is 1. The molecule has 0 aliphatic heterocycles. The molecule has 0 spiro atoms. The van der Waals surface area contributed by atoms with Crippen LogP contribution in [0.4, 0.5) is 14.7 Å². The van der Waals surface area contributed by atoms with E-state index >= 15 is 0 Å². The fourth-order valence-corrected chi connectivity index (χ4v) is 2.88. The number of rotatable bonds is 10. The predicted octanol–water partition coefficient (Wildman–Crippen LogP) is 3.55. The molecule has 160 valence electrons. The number of anilines is 1. The SMILES string of the molecule is COCCCCOCCN(C)c1nc(-c2ccc(F)cc2F)c2ncc(C)nc2n1. The lowest BCUT2D eigenvalue weighted by Crippen LogP contribution is -2.25. The van der Waals surface area contributed by atoms with Crippen molar-refractivity contribution in [1.82, 2.24) is 19.9 Å². The number of hydrogen-bond acceptors (Lipinski definition) is 7. The molecule has 0 unspecified atom stereocenters. The summed E-state index contributed by atoms with van der Waals surface area (Å²) in [6.45, 7) is 4.20. The van der Waals surface area contributed by atoms with Crippen LogP contribution in [0.25, 0.3) is 22.4 Å². The van der Waals surface area contributed by atoms with E-state index in [2.05, 4.69) is 19.9 Å². The molecule has 0 aliphatic carbocycles. The zero-order valence-electron chi connectivity index (χ0n) is 17.4. The number of halogens is 2. The maximum Gasteiger partial charge on any atom is 0.227 e. The van der Waals surface area contributed by atoms with Gasteiger partial charge in [-0.3, -0.25) is 0 Å². The summed E-state index contributed by atoms with van der Waals surface area (Å²) < 4.78 is 38.5. The number of fused-ring (bicyclic) bond motifs is 1. The number of methoxy groups -OCH3 is 1. The highest BCUT2D eigenvalue weighted by atomic mass is 19.1. The van der Waals surface area contributed by atoms with Gasteiger partial charge in [0.15, 0.2) is 5.65 Å². The Morgan fingerprint density at radius 3 is 2.60 bits per heavy atom. The number of benzene rings is 1. The highest BCUT2D eigenvalue weighted by Crippen LogP contribution is 2.28. The Morgan fingerprint density at radius 1 is 1.03 bits per heavy atom. The van der Waals surface area contributed by atoms with Gasteiger partial charge >= 0.3 is 0 Å². The van der Waals surface area contributed by atoms with Gasteiger partial charge < -0.3 is 14.4 Å². The van der Waals surface area contributed by atoms with Crippen LogP contribution in [0.15, 0.2) is 24.4 Å². The van der Waals surface area contributed by atoms with E-state index in [1.807, 2.05) is 11.9 Å². The number of aromatic nitrogens is 4. The first-order valence-corrected chi connectivity index (χ1v) is 9.74. The lowest BCUT2D eigenvalue weighted by Gasteiger charge is -2.18. The van der Waals surface area contributed by atoms with Gasteiger partial charge in [-0.1, -0.05) is 0 Å². The Bertz CT molecular complexity index is 1000. The van der Waals surface area contributed by atoms with Gasteiger partial charge in [0.1, 0.15) is 22.8 Å². The second kappa shape index (κ2) is 10.3. The molecule has 3 aromatic rings. The third-order valence-electron chi connectivity index (χ3n) is 4.50. The van der Waals surface area contributed by atoms with Gasteiger partial charge in [0.05, 0.1) is 12.3 Å². The Morgan fingerprint density at radius 2 is 1.83 bits per heavy atom. The molecule has 0 fully saturated rings. The van der Waals surface area contributed by atoms with Crippen molar-refractivity contribution in [2.45, 2.75) is 19.8 Å². The van der Waals surface area contributed by atoms with Crippen molar-refractivity contribution >= 4 is 17.1 Å². The molecule has 0 radical (unpaired) electrons. The topological polar surface area (TPSA) is 73.3 Å². The van der Waals surface area contributed by atoms with Crippen LogP contribution in [0.2, 0.25) is 0 Å². The first-order valence-electron chi connectivity index (χ1n) is 9.74. The molecule has 0 N–H and O–H groups in total. The van der Waals surface area contributed by atoms with Gasteiger partial charge in [-0.05, 0) is 31.9 Å². The molecule has 0 aliphatic rings. The van der Waals surface area contributed by atoms with Crippen molar-refractivity contribution in [2.24, 2.45) is 0 Å². The van der Waals surface area contributed by atoms with Crippen molar-refractivity contribution < 1.29 is 18.3 Å². The minimum Gasteiger partial charge on any atom is -0.385 e. The van der Waals surface area contributed by atoms with Crippen LogP contribution in [0.1, 0.15) is 18.5 Å². The van der Waals surface area contributed by atoms with E-state index in [1.165, 1.54) is 12.1 Å². The average molecular weight is 417 g/mol. The first kappa shape index (κ1) is 21.9. The van der Waals surface area contributed by atoms with Gasteiger partial charge in [0.2, 0.25) is 5.95 Å². The summed E-state index contributed by atoms with van der Waals surface area (Å²) in [7, 11) is 3.50. The van der Waals surface area contributed by atoms with Gasteiger partial charge in [0.25, 0.3) is 0 Å². The molecule has 1 aromatic carbocycles. The number of unbranched alkanes of at least 4 members (excludes halogenated alkanes) is 1. The fourth-order valence-electron chi connectivity index (χ4n) is 2.88. The van der Waals surface area contributed by atoms with Crippen LogP contribution in [0.5, 0.6) is 0 Å². The molecule has 0 saturated heterocycles. The highest BCUT2D eigenvalue weighted by Gasteiger charge is 2.18. The fraction of sp³-hybridized carbons (Fsp3) is 0.429. The summed E-state index contributed by atoms with van der Waals surface area (Å²) in [5.41, 5.74) is 1.81. The minimum absolute atomic E-state index is 0.144. The number of nitrogens with zero attached hydrogens (tertiary/aromatic N) is 5. The molecule has 0 atom stereocenters. The van der Waals surface area contributed by atoms with Crippen LogP contribution >= 0.6 is 0 Å². The highest BCUT2D eigenvalue weighted by molar-refractivity contribution is 5.87. The summed E-state index contributed by atoms with van der Waals surface area (Å²) in [6.07, 6.45) is 3.44. The third kappa shape index (κ3) is 5.43. The Labute approximate surface area is 174 Å². The van der Waals surface area contributed by atoms with Gasteiger partial charge in [-0.25, -0.2) is 23.7 Å². The molecule has 30 heavy (non-hydrogen) atoms. The standard InChI is InChI=1S/C21H25F2N5O2/c1-14-13-24-19-18(16-7-6-15(22)12-17(16)23)26-21(27-20(19)25-14)28(2)8-11-30-10-5-4-9-29-3/h6-7,12-13H,4-5,8-11H2,1-3H3. The Balaban J connectivity index is 1.83. The second-order valence-corrected chi connectivity index (χ2v) is 6.91. The molecular weight excluding hydrogens is 392 g/mol. The monoisotopic (exact) mass is 417 g/mol. The van der Waals surface area contributed by atoms with E-state index in [-0.39, 0.29) is 11.3 Å². The number of ether oxygens (including phenoxy) is 2. The molecule has 2 aromatic heterocycles. The zero-order chi connectivity index (χ0) is 21.5. The van der Waals surface area contributed by atoms with Crippen LogP contribution in [-0.2, 0) is 9.47 Å². The van der Waals surface area contributed by atoms with E-state index in [4.69, 9.17) is 9.47 Å². The largest absolute Gasteiger partial charge is 0.385 e. The summed E-state index contributed by atoms with van der Waals surface area (Å²) in [5, 5.41) is 0. The van der Waals surface area contributed by atoms with E-state index in [1.54, 1.807) is 20.2 Å². The lowest BCUT2D eigenvalue weighted by atomic mass is 10.1. The molecule has 3 rings (SSSR count). The van der Waals surface area contributed by atoms with Crippen LogP contribution in [-0.4, -0.2) is 60.5 Å². The van der Waals surface area contributed by atoms with Crippen LogP contribution in [0.3, 0.4) is 0 Å². The second-order valence-electron chi connectivity index (χ2n) is 6.91. The summed E-state index contributed by atoms with van der Waals surface area (Å²) >= 11 is 0. The minimum atomic E-state index is -0.717. The van der Waals surface area contributed by atoms with Gasteiger partial charge in [-0.2, -0.15) is 4.98 Å². The van der Waals surface area contributed by atoms with Crippen LogP contribution < -0.4 is 4.90 Å². The molecule has 9 heteroatoms. The molecule has 0 saturated carbocycles. The van der Waals surface area contributed by atoms with Crippen LogP contribution in [0, 0.1) is 18.6 Å². The normalized spacial score (nSPS) is 11.2. The maximum absolute atomic E-state index is 14.5. The predicted molar refractivity (Wildman–Crippen MR) is 110 cm³/mol. The summed E-state index contributed by atoms with van der Waals surface area (Å²) in [5.74, 6) is -1.01. The number of hydrogen-bond donors (Lipinski definition) is 0. The quantitative estimate of drug-likeness (QED) is 0.467. The lowest BCUT2D eigenvalue weighted by molar-refractivity contribution is 0.124. The van der Waals surface area contributed by atoms with Crippen molar-refractivity contribution in [2.75, 3.05) is 45.4 Å². The maximum atomic E-state index is 14.5. The van der Waals surface area contributed by atoms with Gasteiger partial charge in [0, 0.05) is 51.7 Å². The Hall–Kier alpha value is -2.78. The third-order valence-corrected chi connectivity index (χ3v) is 4.50. The zero-order valence-corrected chi connectivity index (χ0v) is 17.4. The molecular formula is C21H25F2N5O2. The van der Waals surface area contributed by atoms with E-state index in [0.717, 1.165) is 25.5 Å². The Kier molecular flexibility index (Phi) is 7.53. The van der Waals surface area contributed by atoms with E-state index in [9.17, 15) is 8.78 Å². The molecule has 0 bridgehead atoms. The van der Waals surface area contributed by atoms with Crippen molar-refractivity contribution in [3.63, 3.8) is 0 Å². The van der Waals surface area contributed by atoms with E-state index < -0.39 is 11.6 Å². The van der Waals surface area contributed by atoms with Gasteiger partial charge in [-0.15, -0.1) is 0 Å². The smallest absolute Gasteiger partial charge is 0.227 e. The average Bonchev–Trinajstić information content (AvgIpc) is 2.72. The summed E-state index contributed by atoms with van der Waals surface area (Å²) in [6, 6.07) is 3.36. The van der Waals surface area contributed by atoms with Crippen molar-refractivity contribution in [1.29, 1.82) is 0 Å². The first-order chi connectivity index (χ1) is 14.5. The van der Waals surface area contributed by atoms with E-state index in [0.29, 0.717) is 42.6 Å². The van der Waals surface area contributed by atoms with Crippen molar-refractivity contribution in [3.05, 3.63) is 41.7 Å². The van der Waals surface area contributed by atoms with Crippen molar-refractivity contribution in [3.8, 4) is 11.3 Å². The molecule has 2 heterocycles. The number of aryl methyl sites for hydroxylation is 1. The molecule has 7 nitrogen and oxygen atoms in total. The summed E-state index contributed by atoms with van der Waals surface area (Å²) in [4.78, 5) is 19.5. The molecule has 0 amide bonds.